The third kappa shape index (κ3) is 2.76. The van der Waals surface area contributed by atoms with Gasteiger partial charge in [-0.1, -0.05) is 18.2 Å². The minimum absolute atomic E-state index is 0.0269. The van der Waals surface area contributed by atoms with E-state index in [0.717, 1.165) is 11.4 Å². The van der Waals surface area contributed by atoms with Gasteiger partial charge >= 0.3 is 0 Å². The predicted octanol–water partition coefficient (Wildman–Crippen LogP) is 1.82. The van der Waals surface area contributed by atoms with Gasteiger partial charge in [0.2, 0.25) is 0 Å². The lowest BCUT2D eigenvalue weighted by molar-refractivity contribution is -0.384. The van der Waals surface area contributed by atoms with E-state index in [9.17, 15) is 19.7 Å². The van der Waals surface area contributed by atoms with Gasteiger partial charge in [0, 0.05) is 24.7 Å². The Kier molecular flexibility index (Phi) is 4.05. The number of morpholine rings is 1. The molecule has 1 aromatic carbocycles. The van der Waals surface area contributed by atoms with Crippen molar-refractivity contribution in [3.05, 3.63) is 46.0 Å². The van der Waals surface area contributed by atoms with Crippen molar-refractivity contribution >= 4 is 29.4 Å². The fraction of sp³-hybridized carbons (Fsp3) is 0.500. The molecule has 0 spiro atoms. The van der Waals surface area contributed by atoms with Gasteiger partial charge in [-0.2, -0.15) is 10.1 Å². The van der Waals surface area contributed by atoms with Gasteiger partial charge in [-0.15, -0.1) is 0 Å². The second-order valence-corrected chi connectivity index (χ2v) is 8.99. The summed E-state index contributed by atoms with van der Waals surface area (Å²) in [6, 6.07) is 4.85. The van der Waals surface area contributed by atoms with Crippen LogP contribution in [-0.2, 0) is 14.3 Å². The minimum Gasteiger partial charge on any atom is -0.378 e. The summed E-state index contributed by atoms with van der Waals surface area (Å²) >= 11 is 0. The Balaban J connectivity index is 1.26. The molecule has 0 N–H and O–H groups in total. The number of amides is 2. The summed E-state index contributed by atoms with van der Waals surface area (Å²) < 4.78 is 5.32. The quantitative estimate of drug-likeness (QED) is 0.241. The van der Waals surface area contributed by atoms with Crippen molar-refractivity contribution in [2.24, 2.45) is 40.6 Å². The molecule has 4 aliphatic carbocycles. The second kappa shape index (κ2) is 6.71. The largest absolute Gasteiger partial charge is 0.378 e. The molecule has 2 aliphatic heterocycles. The molecule has 9 heteroatoms. The van der Waals surface area contributed by atoms with Gasteiger partial charge in [0.05, 0.1) is 36.2 Å². The van der Waals surface area contributed by atoms with Crippen molar-refractivity contribution in [3.63, 3.8) is 0 Å². The van der Waals surface area contributed by atoms with E-state index in [0.29, 0.717) is 49.4 Å². The van der Waals surface area contributed by atoms with Crippen LogP contribution in [0.5, 0.6) is 0 Å². The van der Waals surface area contributed by atoms with E-state index in [1.165, 1.54) is 12.3 Å². The van der Waals surface area contributed by atoms with E-state index in [-0.39, 0.29) is 41.2 Å². The molecule has 7 rings (SSSR count). The Morgan fingerprint density at radius 1 is 1.06 bits per heavy atom. The first-order valence-electron chi connectivity index (χ1n) is 10.8. The fourth-order valence-electron chi connectivity index (χ4n) is 6.02. The molecule has 9 nitrogen and oxygen atoms in total. The summed E-state index contributed by atoms with van der Waals surface area (Å²) in [6.07, 6.45) is 6.72. The van der Waals surface area contributed by atoms with Crippen molar-refractivity contribution in [1.82, 2.24) is 5.01 Å². The number of benzene rings is 1. The number of nitro groups is 1. The fourth-order valence-corrected chi connectivity index (χ4v) is 6.02. The van der Waals surface area contributed by atoms with Crippen molar-refractivity contribution in [3.8, 4) is 0 Å². The van der Waals surface area contributed by atoms with Gasteiger partial charge in [-0.25, -0.2) is 0 Å². The zero-order chi connectivity index (χ0) is 21.3. The maximum Gasteiger partial charge on any atom is 0.293 e. The number of nitro benzene ring substituents is 1. The molecule has 0 radical (unpaired) electrons. The molecule has 31 heavy (non-hydrogen) atoms. The first-order chi connectivity index (χ1) is 15.0. The maximum atomic E-state index is 13.0. The second-order valence-electron chi connectivity index (χ2n) is 8.99. The molecule has 2 bridgehead atoms. The molecule has 2 amide bonds. The standard InChI is InChI=1S/C22H22N4O5/c27-21-19-13-2-3-14(16-10-15(13)16)20(19)22(28)25(21)23-11-12-1-4-17(18(9-12)26(29)30)24-5-7-31-8-6-24/h1-4,9,11,13-16,19-20H,5-8,10H2/b23-11+. The summed E-state index contributed by atoms with van der Waals surface area (Å²) in [6.45, 7) is 2.24. The normalized spacial score (nSPS) is 35.6. The molecule has 6 atom stereocenters. The zero-order valence-corrected chi connectivity index (χ0v) is 16.8. The monoisotopic (exact) mass is 422 g/mol. The van der Waals surface area contributed by atoms with E-state index < -0.39 is 4.92 Å². The molecule has 1 aromatic rings. The molecular formula is C22H22N4O5. The summed E-state index contributed by atoms with van der Waals surface area (Å²) in [7, 11) is 0. The van der Waals surface area contributed by atoms with Gasteiger partial charge in [-0.05, 0) is 36.2 Å². The summed E-state index contributed by atoms with van der Waals surface area (Å²) in [4.78, 5) is 39.1. The number of rotatable bonds is 4. The lowest BCUT2D eigenvalue weighted by atomic mass is 9.63. The average molecular weight is 422 g/mol. The number of allylic oxidation sites excluding steroid dienone is 2. The molecule has 0 aromatic heterocycles. The van der Waals surface area contributed by atoms with Gasteiger partial charge < -0.3 is 9.64 Å². The zero-order valence-electron chi connectivity index (χ0n) is 16.8. The van der Waals surface area contributed by atoms with Crippen molar-refractivity contribution in [2.45, 2.75) is 6.42 Å². The van der Waals surface area contributed by atoms with Crippen molar-refractivity contribution in [2.75, 3.05) is 31.2 Å². The third-order valence-corrected chi connectivity index (χ3v) is 7.51. The highest BCUT2D eigenvalue weighted by Crippen LogP contribution is 2.65. The SMILES string of the molecule is O=C1C2C3C=CC(C4CC34)C2C(=O)N1/N=C/c1ccc(N2CCOCC2)c([N+](=O)[O-])c1. The van der Waals surface area contributed by atoms with Crippen LogP contribution < -0.4 is 4.90 Å². The Bertz CT molecular complexity index is 1010. The number of carbonyl (C=O) groups excluding carboxylic acids is 2. The average Bonchev–Trinajstić information content (AvgIpc) is 3.57. The number of imide groups is 1. The Morgan fingerprint density at radius 3 is 2.32 bits per heavy atom. The number of anilines is 1. The molecule has 160 valence electrons. The van der Waals surface area contributed by atoms with Gasteiger partial charge in [-0.3, -0.25) is 19.7 Å². The van der Waals surface area contributed by atoms with Crippen LogP contribution in [0.15, 0.2) is 35.5 Å². The molecule has 6 unspecified atom stereocenters. The van der Waals surface area contributed by atoms with E-state index in [1.54, 1.807) is 12.1 Å². The lowest BCUT2D eigenvalue weighted by Crippen LogP contribution is -2.40. The van der Waals surface area contributed by atoms with Crippen LogP contribution in [-0.4, -0.2) is 54.3 Å². The van der Waals surface area contributed by atoms with Crippen LogP contribution in [0.25, 0.3) is 0 Å². The number of hydrogen-bond acceptors (Lipinski definition) is 7. The lowest BCUT2D eigenvalue weighted by Gasteiger charge is -2.37. The third-order valence-electron chi connectivity index (χ3n) is 7.51. The molecule has 4 fully saturated rings. The highest BCUT2D eigenvalue weighted by molar-refractivity contribution is 6.06. The van der Waals surface area contributed by atoms with Gasteiger partial charge in [0.15, 0.2) is 0 Å². The molecule has 2 saturated heterocycles. The van der Waals surface area contributed by atoms with E-state index in [2.05, 4.69) is 17.3 Å². The smallest absolute Gasteiger partial charge is 0.293 e. The maximum absolute atomic E-state index is 13.0. The highest BCUT2D eigenvalue weighted by atomic mass is 16.6. The number of nitrogens with zero attached hydrogens (tertiary/aromatic N) is 4. The van der Waals surface area contributed by atoms with Crippen LogP contribution in [0.2, 0.25) is 0 Å². The van der Waals surface area contributed by atoms with Gasteiger partial charge in [0.25, 0.3) is 17.5 Å². The molecule has 6 aliphatic rings. The van der Waals surface area contributed by atoms with Crippen LogP contribution >= 0.6 is 0 Å². The van der Waals surface area contributed by atoms with Crippen LogP contribution in [0.3, 0.4) is 0 Å². The van der Waals surface area contributed by atoms with E-state index in [4.69, 9.17) is 4.74 Å². The van der Waals surface area contributed by atoms with Crippen LogP contribution in [0.4, 0.5) is 11.4 Å². The minimum atomic E-state index is -0.418. The number of ether oxygens (including phenoxy) is 1. The van der Waals surface area contributed by atoms with Crippen molar-refractivity contribution < 1.29 is 19.2 Å². The molecular weight excluding hydrogens is 400 g/mol. The Morgan fingerprint density at radius 2 is 1.71 bits per heavy atom. The van der Waals surface area contributed by atoms with E-state index in [1.807, 2.05) is 4.90 Å². The Labute approximate surface area is 178 Å². The van der Waals surface area contributed by atoms with Gasteiger partial charge in [0.1, 0.15) is 5.69 Å². The van der Waals surface area contributed by atoms with E-state index >= 15 is 0 Å². The summed E-state index contributed by atoms with van der Waals surface area (Å²) in [5.41, 5.74) is 0.982. The predicted molar refractivity (Wildman–Crippen MR) is 110 cm³/mol. The highest BCUT2D eigenvalue weighted by Gasteiger charge is 2.67. The number of hydrogen-bond donors (Lipinski definition) is 0. The first-order valence-corrected chi connectivity index (χ1v) is 10.8. The summed E-state index contributed by atoms with van der Waals surface area (Å²) in [5.74, 6) is 0.268. The Hall–Kier alpha value is -3.07. The topological polar surface area (TPSA) is 105 Å². The summed E-state index contributed by atoms with van der Waals surface area (Å²) in [5, 5.41) is 16.8. The number of carbonyl (C=O) groups is 2. The van der Waals surface area contributed by atoms with Crippen molar-refractivity contribution in [1.29, 1.82) is 0 Å². The molecule has 2 heterocycles. The molecule has 2 saturated carbocycles. The van der Waals surface area contributed by atoms with Crippen LogP contribution in [0, 0.1) is 45.6 Å². The van der Waals surface area contributed by atoms with Crippen LogP contribution in [0.1, 0.15) is 12.0 Å². The number of hydrazone groups is 1. The first kappa shape index (κ1) is 18.7.